The number of rotatable bonds is 5. The summed E-state index contributed by atoms with van der Waals surface area (Å²) >= 11 is 0. The van der Waals surface area contributed by atoms with Gasteiger partial charge in [-0.15, -0.1) is 0 Å². The molecule has 1 aliphatic rings. The van der Waals surface area contributed by atoms with Crippen molar-refractivity contribution in [1.29, 1.82) is 0 Å². The molecule has 0 aliphatic heterocycles. The van der Waals surface area contributed by atoms with Gasteiger partial charge in [-0.05, 0) is 73.1 Å². The van der Waals surface area contributed by atoms with Crippen LogP contribution in [0.15, 0.2) is 48.8 Å². The predicted molar refractivity (Wildman–Crippen MR) is 120 cm³/mol. The van der Waals surface area contributed by atoms with Crippen molar-refractivity contribution in [3.8, 4) is 11.3 Å². The van der Waals surface area contributed by atoms with Gasteiger partial charge in [-0.25, -0.2) is 18.2 Å². The molecule has 8 heteroatoms. The van der Waals surface area contributed by atoms with E-state index in [4.69, 9.17) is 0 Å². The largest absolute Gasteiger partial charge is 0.390 e. The minimum Gasteiger partial charge on any atom is -0.390 e. The summed E-state index contributed by atoms with van der Waals surface area (Å²) in [6.07, 6.45) is 3.06. The molecule has 0 bridgehead atoms. The summed E-state index contributed by atoms with van der Waals surface area (Å²) in [5, 5.41) is 21.0. The standard InChI is InChI=1S/C26H25F3N2O3/c1-14-10-15(12-23(33)26(14,2)34)17-8-9-30-13-16(17)11-22(32)21-7-6-20(29)25(31-21)24-18(27)4-3-5-19(24)28/h3-9,13-15,23,33-34H,10-12H2,1-2H3/t14-,15+,23+,26-/m1/s1. The van der Waals surface area contributed by atoms with E-state index in [1.165, 1.54) is 6.07 Å². The van der Waals surface area contributed by atoms with Crippen molar-refractivity contribution >= 4 is 5.78 Å². The maximum Gasteiger partial charge on any atom is 0.185 e. The summed E-state index contributed by atoms with van der Waals surface area (Å²) in [5.74, 6) is -3.64. The summed E-state index contributed by atoms with van der Waals surface area (Å²) in [6.45, 7) is 3.49. The van der Waals surface area contributed by atoms with Crippen LogP contribution in [0.3, 0.4) is 0 Å². The molecule has 4 rings (SSSR count). The Balaban J connectivity index is 1.63. The molecule has 0 unspecified atom stereocenters. The van der Waals surface area contributed by atoms with Crippen LogP contribution in [0.5, 0.6) is 0 Å². The molecule has 0 spiro atoms. The molecule has 34 heavy (non-hydrogen) atoms. The highest BCUT2D eigenvalue weighted by Crippen LogP contribution is 2.42. The van der Waals surface area contributed by atoms with E-state index >= 15 is 0 Å². The third kappa shape index (κ3) is 4.48. The Bertz CT molecular complexity index is 1200. The average molecular weight is 470 g/mol. The number of aromatic nitrogens is 2. The third-order valence-corrected chi connectivity index (χ3v) is 6.88. The Labute approximate surface area is 195 Å². The molecule has 1 aliphatic carbocycles. The van der Waals surface area contributed by atoms with Gasteiger partial charge >= 0.3 is 0 Å². The van der Waals surface area contributed by atoms with Gasteiger partial charge in [0.25, 0.3) is 0 Å². The van der Waals surface area contributed by atoms with Crippen molar-refractivity contribution in [2.24, 2.45) is 5.92 Å². The monoisotopic (exact) mass is 470 g/mol. The molecular formula is C26H25F3N2O3. The van der Waals surface area contributed by atoms with E-state index in [9.17, 15) is 28.2 Å². The second-order valence-electron chi connectivity index (χ2n) is 9.11. The summed E-state index contributed by atoms with van der Waals surface area (Å²) in [5.41, 5.74) is -1.09. The van der Waals surface area contributed by atoms with E-state index in [0.717, 1.165) is 29.8 Å². The fraction of sp³-hybridized carbons (Fsp3) is 0.346. The quantitative estimate of drug-likeness (QED) is 0.532. The lowest BCUT2D eigenvalue weighted by molar-refractivity contribution is -0.123. The molecule has 1 aromatic carbocycles. The molecule has 0 saturated heterocycles. The van der Waals surface area contributed by atoms with Crippen LogP contribution in [0.25, 0.3) is 11.3 Å². The maximum absolute atomic E-state index is 14.4. The van der Waals surface area contributed by atoms with Crippen LogP contribution in [0.4, 0.5) is 13.2 Å². The second kappa shape index (κ2) is 9.27. The van der Waals surface area contributed by atoms with E-state index in [1.807, 2.05) is 6.92 Å². The molecular weight excluding hydrogens is 445 g/mol. The minimum absolute atomic E-state index is 0.0970. The van der Waals surface area contributed by atoms with Gasteiger partial charge < -0.3 is 10.2 Å². The summed E-state index contributed by atoms with van der Waals surface area (Å²) in [4.78, 5) is 21.1. The number of carbonyl (C=O) groups is 1. The van der Waals surface area contributed by atoms with Crippen molar-refractivity contribution in [3.63, 3.8) is 0 Å². The Kier molecular flexibility index (Phi) is 6.55. The number of nitrogens with zero attached hydrogens (tertiary/aromatic N) is 2. The summed E-state index contributed by atoms with van der Waals surface area (Å²) in [7, 11) is 0. The summed E-state index contributed by atoms with van der Waals surface area (Å²) < 4.78 is 42.8. The fourth-order valence-corrected chi connectivity index (χ4v) is 4.60. The lowest BCUT2D eigenvalue weighted by Gasteiger charge is -2.43. The topological polar surface area (TPSA) is 83.3 Å². The van der Waals surface area contributed by atoms with Crippen LogP contribution in [0.2, 0.25) is 0 Å². The SMILES string of the molecule is C[C@@H]1C[C@H](c2ccncc2CC(=O)c2ccc(F)c(-c3c(F)cccc3F)n2)C[C@H](O)[C@]1(C)O. The predicted octanol–water partition coefficient (Wildman–Crippen LogP) is 4.61. The number of carbonyl (C=O) groups excluding carboxylic acids is 1. The van der Waals surface area contributed by atoms with Crippen molar-refractivity contribution in [2.75, 3.05) is 0 Å². The molecule has 3 aromatic rings. The highest BCUT2D eigenvalue weighted by atomic mass is 19.1. The number of ketones is 1. The van der Waals surface area contributed by atoms with Crippen LogP contribution in [0.1, 0.15) is 54.2 Å². The average Bonchev–Trinajstić information content (AvgIpc) is 2.79. The van der Waals surface area contributed by atoms with Crippen LogP contribution < -0.4 is 0 Å². The molecule has 2 aromatic heterocycles. The lowest BCUT2D eigenvalue weighted by atomic mass is 9.68. The molecule has 178 valence electrons. The molecule has 5 nitrogen and oxygen atoms in total. The number of hydrogen-bond acceptors (Lipinski definition) is 5. The van der Waals surface area contributed by atoms with Gasteiger partial charge in [-0.3, -0.25) is 9.78 Å². The second-order valence-corrected chi connectivity index (χ2v) is 9.11. The van der Waals surface area contributed by atoms with E-state index < -0.39 is 46.2 Å². The number of pyridine rings is 2. The molecule has 0 amide bonds. The Morgan fingerprint density at radius 1 is 1.09 bits per heavy atom. The zero-order chi connectivity index (χ0) is 24.6. The lowest BCUT2D eigenvalue weighted by Crippen LogP contribution is -2.49. The number of aliphatic hydroxyl groups is 2. The molecule has 1 saturated carbocycles. The van der Waals surface area contributed by atoms with Gasteiger partial charge in [0, 0.05) is 18.8 Å². The number of halogens is 3. The van der Waals surface area contributed by atoms with Gasteiger partial charge in [0.1, 0.15) is 28.8 Å². The first-order valence-electron chi connectivity index (χ1n) is 11.1. The number of Topliss-reactive ketones (excluding diaryl/α,β-unsaturated/α-hetero) is 1. The zero-order valence-corrected chi connectivity index (χ0v) is 18.8. The Morgan fingerprint density at radius 2 is 1.79 bits per heavy atom. The van der Waals surface area contributed by atoms with Crippen LogP contribution >= 0.6 is 0 Å². The van der Waals surface area contributed by atoms with E-state index in [1.54, 1.807) is 25.4 Å². The summed E-state index contributed by atoms with van der Waals surface area (Å²) in [6, 6.07) is 7.07. The van der Waals surface area contributed by atoms with Gasteiger partial charge in [0.05, 0.1) is 17.3 Å². The highest BCUT2D eigenvalue weighted by molar-refractivity contribution is 5.96. The van der Waals surface area contributed by atoms with Gasteiger partial charge in [-0.1, -0.05) is 13.0 Å². The number of benzene rings is 1. The first-order chi connectivity index (χ1) is 16.1. The highest BCUT2D eigenvalue weighted by Gasteiger charge is 2.43. The molecule has 0 radical (unpaired) electrons. The first kappa shape index (κ1) is 24.0. The normalized spacial score (nSPS) is 24.7. The van der Waals surface area contributed by atoms with Crippen molar-refractivity contribution in [3.05, 3.63) is 83.1 Å². The van der Waals surface area contributed by atoms with Gasteiger partial charge in [0.2, 0.25) is 0 Å². The van der Waals surface area contributed by atoms with Crippen molar-refractivity contribution < 1.29 is 28.2 Å². The van der Waals surface area contributed by atoms with Crippen LogP contribution in [0, 0.1) is 23.4 Å². The maximum atomic E-state index is 14.4. The minimum atomic E-state index is -1.20. The smallest absolute Gasteiger partial charge is 0.185 e. The molecule has 2 N–H and O–H groups in total. The van der Waals surface area contributed by atoms with Gasteiger partial charge in [0.15, 0.2) is 5.78 Å². The number of aliphatic hydroxyl groups excluding tert-OH is 1. The van der Waals surface area contributed by atoms with Crippen LogP contribution in [-0.4, -0.2) is 37.7 Å². The van der Waals surface area contributed by atoms with Crippen molar-refractivity contribution in [2.45, 2.75) is 50.7 Å². The van der Waals surface area contributed by atoms with E-state index in [0.29, 0.717) is 18.4 Å². The third-order valence-electron chi connectivity index (χ3n) is 6.88. The number of hydrogen-bond donors (Lipinski definition) is 2. The van der Waals surface area contributed by atoms with Gasteiger partial charge in [-0.2, -0.15) is 0 Å². The molecule has 2 heterocycles. The van der Waals surface area contributed by atoms with Crippen LogP contribution in [-0.2, 0) is 6.42 Å². The molecule has 4 atom stereocenters. The zero-order valence-electron chi connectivity index (χ0n) is 18.8. The Morgan fingerprint density at radius 3 is 2.47 bits per heavy atom. The fourth-order valence-electron chi connectivity index (χ4n) is 4.60. The molecule has 1 fully saturated rings. The van der Waals surface area contributed by atoms with E-state index in [2.05, 4.69) is 9.97 Å². The Hall–Kier alpha value is -3.10. The van der Waals surface area contributed by atoms with E-state index in [-0.39, 0.29) is 24.0 Å². The van der Waals surface area contributed by atoms with Crippen molar-refractivity contribution in [1.82, 2.24) is 9.97 Å². The first-order valence-corrected chi connectivity index (χ1v) is 11.1.